The van der Waals surface area contributed by atoms with Gasteiger partial charge in [-0.2, -0.15) is 0 Å². The lowest BCUT2D eigenvalue weighted by Crippen LogP contribution is -2.31. The fourth-order valence-corrected chi connectivity index (χ4v) is 3.75. The highest BCUT2D eigenvalue weighted by Gasteiger charge is 2.23. The number of aryl methyl sites for hydroxylation is 2. The SMILES string of the molecule is CCOC(=O)c1c[nH]n2c(=O)cc(CN3CCCc4cc(C)cc(F)c43)nc12. The zero-order valence-electron chi connectivity index (χ0n) is 15.8. The first kappa shape index (κ1) is 18.2. The van der Waals surface area contributed by atoms with E-state index >= 15 is 0 Å². The van der Waals surface area contributed by atoms with Crippen LogP contribution in [0.5, 0.6) is 0 Å². The Morgan fingerprint density at radius 1 is 1.36 bits per heavy atom. The first-order chi connectivity index (χ1) is 13.5. The molecule has 0 unspecified atom stereocenters. The molecule has 1 aliphatic rings. The molecule has 1 aromatic carbocycles. The summed E-state index contributed by atoms with van der Waals surface area (Å²) in [6, 6.07) is 4.92. The van der Waals surface area contributed by atoms with E-state index in [1.165, 1.54) is 22.8 Å². The number of nitrogens with zero attached hydrogens (tertiary/aromatic N) is 3. The Balaban J connectivity index is 1.73. The van der Waals surface area contributed by atoms with Gasteiger partial charge in [-0.05, 0) is 43.9 Å². The first-order valence-electron chi connectivity index (χ1n) is 9.29. The Hall–Kier alpha value is -3.16. The second-order valence-corrected chi connectivity index (χ2v) is 6.93. The number of rotatable bonds is 4. The molecule has 0 spiro atoms. The van der Waals surface area contributed by atoms with E-state index in [9.17, 15) is 14.0 Å². The highest BCUT2D eigenvalue weighted by molar-refractivity contribution is 5.95. The maximum atomic E-state index is 14.6. The van der Waals surface area contributed by atoms with Crippen molar-refractivity contribution in [3.8, 4) is 0 Å². The summed E-state index contributed by atoms with van der Waals surface area (Å²) in [5.74, 6) is -0.809. The third-order valence-corrected chi connectivity index (χ3v) is 4.88. The van der Waals surface area contributed by atoms with Gasteiger partial charge in [0, 0.05) is 18.8 Å². The van der Waals surface area contributed by atoms with E-state index < -0.39 is 5.97 Å². The molecule has 7 nitrogen and oxygen atoms in total. The lowest BCUT2D eigenvalue weighted by atomic mass is 9.99. The molecule has 28 heavy (non-hydrogen) atoms. The number of aromatic amines is 1. The lowest BCUT2D eigenvalue weighted by Gasteiger charge is -2.31. The fourth-order valence-electron chi connectivity index (χ4n) is 3.75. The Labute approximate surface area is 160 Å². The molecule has 1 aliphatic heterocycles. The third-order valence-electron chi connectivity index (χ3n) is 4.88. The number of hydrogen-bond acceptors (Lipinski definition) is 5. The summed E-state index contributed by atoms with van der Waals surface area (Å²) < 4.78 is 20.8. The fraction of sp³-hybridized carbons (Fsp3) is 0.350. The average Bonchev–Trinajstić information content (AvgIpc) is 3.06. The first-order valence-corrected chi connectivity index (χ1v) is 9.29. The van der Waals surface area contributed by atoms with Crippen LogP contribution in [0.15, 0.2) is 29.2 Å². The van der Waals surface area contributed by atoms with Gasteiger partial charge in [0.2, 0.25) is 0 Å². The van der Waals surface area contributed by atoms with Gasteiger partial charge in [0.1, 0.15) is 11.4 Å². The molecule has 0 saturated heterocycles. The second-order valence-electron chi connectivity index (χ2n) is 6.93. The molecule has 1 N–H and O–H groups in total. The molecule has 0 saturated carbocycles. The molecule has 0 radical (unpaired) electrons. The highest BCUT2D eigenvalue weighted by atomic mass is 19.1. The molecule has 0 aliphatic carbocycles. The smallest absolute Gasteiger partial charge is 0.343 e. The van der Waals surface area contributed by atoms with Gasteiger partial charge < -0.3 is 9.64 Å². The van der Waals surface area contributed by atoms with E-state index in [0.29, 0.717) is 17.9 Å². The number of ether oxygens (including phenoxy) is 1. The maximum Gasteiger partial charge on any atom is 0.343 e. The van der Waals surface area contributed by atoms with Crippen LogP contribution in [0.3, 0.4) is 0 Å². The van der Waals surface area contributed by atoms with Gasteiger partial charge in [-0.15, -0.1) is 0 Å². The van der Waals surface area contributed by atoms with Crippen molar-refractivity contribution in [2.45, 2.75) is 33.2 Å². The minimum atomic E-state index is -0.546. The van der Waals surface area contributed by atoms with Crippen molar-refractivity contribution >= 4 is 17.3 Å². The summed E-state index contributed by atoms with van der Waals surface area (Å²) in [7, 11) is 0. The predicted molar refractivity (Wildman–Crippen MR) is 102 cm³/mol. The lowest BCUT2D eigenvalue weighted by molar-refractivity contribution is 0.0528. The zero-order chi connectivity index (χ0) is 19.8. The summed E-state index contributed by atoms with van der Waals surface area (Å²) in [6.07, 6.45) is 3.13. The molecule has 0 amide bonds. The predicted octanol–water partition coefficient (Wildman–Crippen LogP) is 2.60. The van der Waals surface area contributed by atoms with Crippen LogP contribution < -0.4 is 10.5 Å². The number of carbonyl (C=O) groups is 1. The zero-order valence-corrected chi connectivity index (χ0v) is 15.8. The van der Waals surface area contributed by atoms with Crippen LogP contribution >= 0.6 is 0 Å². The highest BCUT2D eigenvalue weighted by Crippen LogP contribution is 2.32. The summed E-state index contributed by atoms with van der Waals surface area (Å²) in [6.45, 7) is 4.77. The third kappa shape index (κ3) is 3.15. The van der Waals surface area contributed by atoms with Crippen LogP contribution in [-0.4, -0.2) is 33.7 Å². The molecule has 3 aromatic rings. The Morgan fingerprint density at radius 3 is 2.96 bits per heavy atom. The number of H-pyrrole nitrogens is 1. The maximum absolute atomic E-state index is 14.6. The molecular formula is C20H21FN4O3. The Kier molecular flexibility index (Phi) is 4.62. The van der Waals surface area contributed by atoms with Crippen LogP contribution in [0.1, 0.15) is 40.5 Å². The Morgan fingerprint density at radius 2 is 2.18 bits per heavy atom. The number of nitrogens with one attached hydrogen (secondary N) is 1. The molecule has 0 atom stereocenters. The Bertz CT molecular complexity index is 1120. The molecule has 2 aromatic heterocycles. The number of anilines is 1. The average molecular weight is 384 g/mol. The van der Waals surface area contributed by atoms with Gasteiger partial charge in [0.05, 0.1) is 24.5 Å². The molecule has 0 fully saturated rings. The van der Waals surface area contributed by atoms with Crippen LogP contribution in [0.4, 0.5) is 10.1 Å². The van der Waals surface area contributed by atoms with E-state index in [0.717, 1.165) is 24.0 Å². The van der Waals surface area contributed by atoms with E-state index in [4.69, 9.17) is 4.74 Å². The van der Waals surface area contributed by atoms with Gasteiger partial charge in [-0.25, -0.2) is 18.7 Å². The molecule has 0 bridgehead atoms. The van der Waals surface area contributed by atoms with Gasteiger partial charge in [0.15, 0.2) is 5.65 Å². The molecule has 146 valence electrons. The van der Waals surface area contributed by atoms with Crippen LogP contribution in [0, 0.1) is 12.7 Å². The van der Waals surface area contributed by atoms with Crippen molar-refractivity contribution in [3.63, 3.8) is 0 Å². The van der Waals surface area contributed by atoms with Crippen molar-refractivity contribution in [3.05, 3.63) is 63.0 Å². The van der Waals surface area contributed by atoms with Crippen molar-refractivity contribution in [1.82, 2.24) is 14.6 Å². The summed E-state index contributed by atoms with van der Waals surface area (Å²) in [4.78, 5) is 30.9. The largest absolute Gasteiger partial charge is 0.462 e. The second kappa shape index (κ2) is 7.10. The monoisotopic (exact) mass is 384 g/mol. The number of esters is 1. The molecule has 3 heterocycles. The number of fused-ring (bicyclic) bond motifs is 2. The standard InChI is InChI=1S/C20H21FN4O3/c1-3-28-20(27)15-10-22-25-17(26)9-14(23-19(15)25)11-24-6-4-5-13-7-12(2)8-16(21)18(13)24/h7-10,22H,3-6,11H2,1-2H3. The van der Waals surface area contributed by atoms with E-state index in [2.05, 4.69) is 10.1 Å². The van der Waals surface area contributed by atoms with Crippen molar-refractivity contribution < 1.29 is 13.9 Å². The topological polar surface area (TPSA) is 79.7 Å². The summed E-state index contributed by atoms with van der Waals surface area (Å²) in [5, 5.41) is 2.72. The van der Waals surface area contributed by atoms with Gasteiger partial charge >= 0.3 is 5.97 Å². The number of halogens is 1. The number of hydrogen-bond donors (Lipinski definition) is 1. The molecular weight excluding hydrogens is 363 g/mol. The van der Waals surface area contributed by atoms with Gasteiger partial charge in [-0.3, -0.25) is 9.89 Å². The number of benzene rings is 1. The van der Waals surface area contributed by atoms with Crippen molar-refractivity contribution in [2.75, 3.05) is 18.1 Å². The van der Waals surface area contributed by atoms with E-state index in [-0.39, 0.29) is 35.7 Å². The van der Waals surface area contributed by atoms with Crippen LogP contribution in [0.25, 0.3) is 5.65 Å². The quantitative estimate of drug-likeness (QED) is 0.700. The van der Waals surface area contributed by atoms with Gasteiger partial charge in [0.25, 0.3) is 5.56 Å². The summed E-state index contributed by atoms with van der Waals surface area (Å²) >= 11 is 0. The minimum absolute atomic E-state index is 0.196. The normalized spacial score (nSPS) is 13.6. The van der Waals surface area contributed by atoms with E-state index in [1.54, 1.807) is 6.92 Å². The minimum Gasteiger partial charge on any atom is -0.462 e. The van der Waals surface area contributed by atoms with Crippen molar-refractivity contribution in [2.24, 2.45) is 0 Å². The van der Waals surface area contributed by atoms with E-state index in [1.807, 2.05) is 17.9 Å². The van der Waals surface area contributed by atoms with Crippen molar-refractivity contribution in [1.29, 1.82) is 0 Å². The van der Waals surface area contributed by atoms with Crippen LogP contribution in [0.2, 0.25) is 0 Å². The molecule has 4 rings (SSSR count). The number of carbonyl (C=O) groups excluding carboxylic acids is 1. The number of aromatic nitrogens is 3. The molecule has 8 heteroatoms. The van der Waals surface area contributed by atoms with Gasteiger partial charge in [-0.1, -0.05) is 6.07 Å². The summed E-state index contributed by atoms with van der Waals surface area (Å²) in [5.41, 5.74) is 2.97. The van der Waals surface area contributed by atoms with Crippen LogP contribution in [-0.2, 0) is 17.7 Å².